The van der Waals surface area contributed by atoms with Gasteiger partial charge in [0.15, 0.2) is 17.4 Å². The van der Waals surface area contributed by atoms with Crippen molar-refractivity contribution in [1.82, 2.24) is 15.1 Å². The monoisotopic (exact) mass is 363 g/mol. The van der Waals surface area contributed by atoms with Crippen LogP contribution in [0.2, 0.25) is 0 Å². The molecule has 9 nitrogen and oxygen atoms in total. The van der Waals surface area contributed by atoms with E-state index in [-0.39, 0.29) is 24.4 Å². The highest BCUT2D eigenvalue weighted by Gasteiger charge is 2.22. The second-order valence-electron chi connectivity index (χ2n) is 6.19. The third kappa shape index (κ3) is 4.02. The summed E-state index contributed by atoms with van der Waals surface area (Å²) in [4.78, 5) is 4.15. The van der Waals surface area contributed by atoms with E-state index in [2.05, 4.69) is 20.6 Å². The van der Waals surface area contributed by atoms with Crippen LogP contribution in [0.3, 0.4) is 0 Å². The van der Waals surface area contributed by atoms with Crippen LogP contribution in [0.4, 0.5) is 10.3 Å². The minimum absolute atomic E-state index is 0.144. The van der Waals surface area contributed by atoms with Crippen molar-refractivity contribution in [2.45, 2.75) is 38.1 Å². The van der Waals surface area contributed by atoms with Crippen LogP contribution in [-0.4, -0.2) is 38.7 Å². The van der Waals surface area contributed by atoms with Crippen molar-refractivity contribution in [2.24, 2.45) is 16.8 Å². The molecular formula is C16H22FN7O2. The van der Waals surface area contributed by atoms with E-state index in [0.717, 1.165) is 31.7 Å². The van der Waals surface area contributed by atoms with Crippen molar-refractivity contribution in [3.8, 4) is 17.2 Å². The Hall–Kier alpha value is -2.88. The molecule has 0 unspecified atom stereocenters. The molecule has 1 aromatic carbocycles. The number of hydrogen-bond acceptors (Lipinski definition) is 8. The van der Waals surface area contributed by atoms with E-state index in [1.807, 2.05) is 0 Å². The van der Waals surface area contributed by atoms with Crippen molar-refractivity contribution in [1.29, 1.82) is 0 Å². The number of amidine groups is 1. The number of halogens is 1. The topological polar surface area (TPSA) is 139 Å². The van der Waals surface area contributed by atoms with E-state index >= 15 is 0 Å². The number of nitrogens with two attached hydrogens (primary N) is 2. The van der Waals surface area contributed by atoms with Gasteiger partial charge in [-0.05, 0) is 36.2 Å². The molecule has 0 atom stereocenters. The normalized spacial score (nSPS) is 15.8. The molecule has 1 aromatic heterocycles. The lowest BCUT2D eigenvalue weighted by atomic mass is 9.95. The maximum absolute atomic E-state index is 13.1. The summed E-state index contributed by atoms with van der Waals surface area (Å²) in [5, 5.41) is 21.5. The Bertz CT molecular complexity index is 774. The van der Waals surface area contributed by atoms with Gasteiger partial charge in [-0.3, -0.25) is 5.01 Å². The lowest BCUT2D eigenvalue weighted by molar-refractivity contribution is 0.246. The Kier molecular flexibility index (Phi) is 5.52. The third-order valence-electron chi connectivity index (χ3n) is 4.44. The number of phenols is 1. The number of benzene rings is 1. The van der Waals surface area contributed by atoms with Gasteiger partial charge in [0.05, 0.1) is 6.54 Å². The van der Waals surface area contributed by atoms with Crippen molar-refractivity contribution in [3.63, 3.8) is 0 Å². The molecule has 0 spiro atoms. The number of rotatable bonds is 5. The molecule has 140 valence electrons. The van der Waals surface area contributed by atoms with E-state index in [4.69, 9.17) is 16.2 Å². The number of aromatic hydroxyl groups is 1. The van der Waals surface area contributed by atoms with Crippen molar-refractivity contribution < 1.29 is 14.0 Å². The SMILES string of the molecule is N/N=C(/CNc1noc(-c2ccc(F)c(O)c2)n1)N(N)C1CCCCC1. The average Bonchev–Trinajstić information content (AvgIpc) is 3.14. The van der Waals surface area contributed by atoms with Crippen molar-refractivity contribution in [2.75, 3.05) is 11.9 Å². The second-order valence-corrected chi connectivity index (χ2v) is 6.19. The first-order chi connectivity index (χ1) is 12.6. The lowest BCUT2D eigenvalue weighted by Crippen LogP contribution is -2.49. The first-order valence-electron chi connectivity index (χ1n) is 8.45. The van der Waals surface area contributed by atoms with E-state index in [1.165, 1.54) is 18.6 Å². The lowest BCUT2D eigenvalue weighted by Gasteiger charge is -2.32. The molecule has 1 saturated carbocycles. The molecule has 3 rings (SSSR count). The van der Waals surface area contributed by atoms with Gasteiger partial charge in [-0.1, -0.05) is 19.3 Å². The number of nitrogens with one attached hydrogen (secondary N) is 1. The van der Waals surface area contributed by atoms with Gasteiger partial charge in [0.2, 0.25) is 0 Å². The largest absolute Gasteiger partial charge is 0.505 e. The van der Waals surface area contributed by atoms with Crippen LogP contribution in [0.5, 0.6) is 5.75 Å². The molecule has 1 heterocycles. The number of nitrogens with zero attached hydrogens (tertiary/aromatic N) is 4. The van der Waals surface area contributed by atoms with Gasteiger partial charge in [-0.15, -0.1) is 0 Å². The number of hydrazine groups is 1. The summed E-state index contributed by atoms with van der Waals surface area (Å²) in [6, 6.07) is 3.99. The quantitative estimate of drug-likeness (QED) is 0.273. The van der Waals surface area contributed by atoms with Gasteiger partial charge in [0, 0.05) is 11.6 Å². The Morgan fingerprint density at radius 2 is 2.15 bits per heavy atom. The summed E-state index contributed by atoms with van der Waals surface area (Å²) in [6.45, 7) is 0.233. The molecule has 1 fully saturated rings. The van der Waals surface area contributed by atoms with Crippen LogP contribution in [-0.2, 0) is 0 Å². The zero-order valence-corrected chi connectivity index (χ0v) is 14.2. The second kappa shape index (κ2) is 8.00. The Morgan fingerprint density at radius 3 is 2.85 bits per heavy atom. The number of aromatic nitrogens is 2. The van der Waals surface area contributed by atoms with Crippen molar-refractivity contribution in [3.05, 3.63) is 24.0 Å². The van der Waals surface area contributed by atoms with Gasteiger partial charge >= 0.3 is 0 Å². The number of hydrogen-bond donors (Lipinski definition) is 4. The Balaban J connectivity index is 1.62. The van der Waals surface area contributed by atoms with Crippen LogP contribution in [0.1, 0.15) is 32.1 Å². The van der Waals surface area contributed by atoms with Crippen LogP contribution < -0.4 is 17.0 Å². The predicted octanol–water partition coefficient (Wildman–Crippen LogP) is 1.77. The average molecular weight is 363 g/mol. The standard InChI is InChI=1S/C16H22FN7O2/c17-12-7-6-10(8-13(12)25)15-21-16(23-26-15)20-9-14(22-18)24(19)11-4-2-1-3-5-11/h6-8,11,25H,1-5,9,18-19H2,(H,20,23)/b22-14-. The van der Waals surface area contributed by atoms with Gasteiger partial charge in [-0.25, -0.2) is 10.2 Å². The molecule has 0 radical (unpaired) electrons. The van der Waals surface area contributed by atoms with Gasteiger partial charge in [0.1, 0.15) is 0 Å². The highest BCUT2D eigenvalue weighted by atomic mass is 19.1. The summed E-state index contributed by atoms with van der Waals surface area (Å²) in [5.74, 6) is 11.3. The number of phenolic OH excluding ortho intramolecular Hbond substituents is 1. The first kappa shape index (κ1) is 17.9. The highest BCUT2D eigenvalue weighted by molar-refractivity contribution is 5.85. The molecule has 1 aliphatic rings. The zero-order valence-electron chi connectivity index (χ0n) is 14.2. The molecule has 6 N–H and O–H groups in total. The smallest absolute Gasteiger partial charge is 0.264 e. The first-order valence-corrected chi connectivity index (χ1v) is 8.45. The summed E-state index contributed by atoms with van der Waals surface area (Å²) >= 11 is 0. The van der Waals surface area contributed by atoms with Crippen molar-refractivity contribution >= 4 is 11.8 Å². The fraction of sp³-hybridized carbons (Fsp3) is 0.438. The summed E-state index contributed by atoms with van der Waals surface area (Å²) in [7, 11) is 0. The molecule has 26 heavy (non-hydrogen) atoms. The molecule has 0 aliphatic heterocycles. The summed E-state index contributed by atoms with van der Waals surface area (Å²) in [6.07, 6.45) is 5.53. The number of hydrazone groups is 1. The van der Waals surface area contributed by atoms with Crippen LogP contribution in [0.15, 0.2) is 27.8 Å². The van der Waals surface area contributed by atoms with E-state index in [9.17, 15) is 9.50 Å². The predicted molar refractivity (Wildman–Crippen MR) is 94.4 cm³/mol. The Labute approximate surface area is 149 Å². The van der Waals surface area contributed by atoms with Gasteiger partial charge in [0.25, 0.3) is 11.8 Å². The molecular weight excluding hydrogens is 341 g/mol. The maximum Gasteiger partial charge on any atom is 0.264 e. The molecule has 0 bridgehead atoms. The van der Waals surface area contributed by atoms with Crippen LogP contribution >= 0.6 is 0 Å². The van der Waals surface area contributed by atoms with Crippen LogP contribution in [0, 0.1) is 5.82 Å². The summed E-state index contributed by atoms with van der Waals surface area (Å²) < 4.78 is 18.2. The van der Waals surface area contributed by atoms with E-state index in [0.29, 0.717) is 11.4 Å². The Morgan fingerprint density at radius 1 is 1.38 bits per heavy atom. The zero-order chi connectivity index (χ0) is 18.5. The van der Waals surface area contributed by atoms with Gasteiger partial charge < -0.3 is 20.8 Å². The molecule has 2 aromatic rings. The highest BCUT2D eigenvalue weighted by Crippen LogP contribution is 2.25. The van der Waals surface area contributed by atoms with Gasteiger partial charge in [-0.2, -0.15) is 10.1 Å². The third-order valence-corrected chi connectivity index (χ3v) is 4.44. The van der Waals surface area contributed by atoms with Crippen LogP contribution in [0.25, 0.3) is 11.5 Å². The summed E-state index contributed by atoms with van der Waals surface area (Å²) in [5.41, 5.74) is 0.403. The van der Waals surface area contributed by atoms with E-state index in [1.54, 1.807) is 5.01 Å². The van der Waals surface area contributed by atoms with E-state index < -0.39 is 11.6 Å². The molecule has 10 heteroatoms. The molecule has 0 saturated heterocycles. The molecule has 1 aliphatic carbocycles. The number of anilines is 1. The molecule has 0 amide bonds. The fourth-order valence-electron chi connectivity index (χ4n) is 2.99. The fourth-order valence-corrected chi connectivity index (χ4v) is 2.99. The minimum atomic E-state index is -0.721. The minimum Gasteiger partial charge on any atom is -0.505 e. The maximum atomic E-state index is 13.1.